The third-order valence-electron chi connectivity index (χ3n) is 7.11. The number of rotatable bonds is 8. The number of carbonyl (C=O) groups excluding carboxylic acids is 1. The Morgan fingerprint density at radius 1 is 1.10 bits per heavy atom. The average Bonchev–Trinajstić information content (AvgIpc) is 3.60. The van der Waals surface area contributed by atoms with Crippen LogP contribution in [0.3, 0.4) is 0 Å². The van der Waals surface area contributed by atoms with Crippen LogP contribution < -0.4 is 15.6 Å². The van der Waals surface area contributed by atoms with E-state index in [-0.39, 0.29) is 34.1 Å². The molecule has 198 valence electrons. The number of aromatic amines is 1. The van der Waals surface area contributed by atoms with Gasteiger partial charge >= 0.3 is 0 Å². The fraction of sp³-hybridized carbons (Fsp3) is 0.241. The number of H-pyrrole nitrogens is 1. The number of carbonyl (C=O) groups is 1. The molecule has 2 aliphatic rings. The van der Waals surface area contributed by atoms with E-state index in [1.54, 1.807) is 18.2 Å². The van der Waals surface area contributed by atoms with Gasteiger partial charge < -0.3 is 15.0 Å². The lowest BCUT2D eigenvalue weighted by atomic mass is 9.95. The number of amides is 1. The molecule has 1 amide bonds. The number of benzene rings is 2. The number of fused-ring (bicyclic) bond motifs is 1. The van der Waals surface area contributed by atoms with Gasteiger partial charge in [-0.05, 0) is 49.4 Å². The average molecular weight is 562 g/mol. The fourth-order valence-electron chi connectivity index (χ4n) is 4.84. The second kappa shape index (κ2) is 10.4. The van der Waals surface area contributed by atoms with Gasteiger partial charge in [-0.15, -0.1) is 5.10 Å². The summed E-state index contributed by atoms with van der Waals surface area (Å²) in [6.45, 7) is 0.436. The Hall–Kier alpha value is -3.88. The Balaban J connectivity index is 1.19. The summed E-state index contributed by atoms with van der Waals surface area (Å²) in [5, 5.41) is 8.33. The summed E-state index contributed by atoms with van der Waals surface area (Å²) in [4.78, 5) is 33.6. The molecule has 2 aromatic carbocycles. The van der Waals surface area contributed by atoms with Gasteiger partial charge in [0.05, 0.1) is 16.3 Å². The monoisotopic (exact) mass is 561 g/mol. The lowest BCUT2D eigenvalue weighted by molar-refractivity contribution is 0.0945. The third-order valence-corrected chi connectivity index (χ3v) is 7.76. The Morgan fingerprint density at radius 3 is 2.69 bits per heavy atom. The van der Waals surface area contributed by atoms with Gasteiger partial charge in [0.25, 0.3) is 11.5 Å². The molecular weight excluding hydrogens is 537 g/mol. The molecule has 0 unspecified atom stereocenters. The van der Waals surface area contributed by atoms with Crippen LogP contribution in [0.15, 0.2) is 71.6 Å². The number of nitrogens with zero attached hydrogens (tertiary/aromatic N) is 3. The van der Waals surface area contributed by atoms with Crippen molar-refractivity contribution in [3.05, 3.63) is 110 Å². The molecule has 6 rings (SSSR count). The van der Waals surface area contributed by atoms with Crippen molar-refractivity contribution in [2.24, 2.45) is 0 Å². The molecule has 0 saturated heterocycles. The first-order chi connectivity index (χ1) is 18.9. The van der Waals surface area contributed by atoms with Gasteiger partial charge in [0, 0.05) is 28.6 Å². The van der Waals surface area contributed by atoms with Crippen LogP contribution in [-0.2, 0) is 12.0 Å². The number of ether oxygens (including phenoxy) is 1. The first-order valence-electron chi connectivity index (χ1n) is 12.7. The van der Waals surface area contributed by atoms with Gasteiger partial charge in [-0.1, -0.05) is 65.7 Å². The highest BCUT2D eigenvalue weighted by atomic mass is 35.5. The molecule has 0 atom stereocenters. The fourth-order valence-corrected chi connectivity index (χ4v) is 5.43. The maximum absolute atomic E-state index is 13.3. The summed E-state index contributed by atoms with van der Waals surface area (Å²) in [5.74, 6) is 0.766. The van der Waals surface area contributed by atoms with Crippen LogP contribution in [-0.4, -0.2) is 32.0 Å². The summed E-state index contributed by atoms with van der Waals surface area (Å²) >= 11 is 12.9. The molecule has 0 aliphatic heterocycles. The molecule has 4 aromatic rings. The van der Waals surface area contributed by atoms with Crippen LogP contribution in [0.5, 0.6) is 5.75 Å². The molecule has 10 heteroatoms. The molecule has 8 nitrogen and oxygen atoms in total. The second-order valence-corrected chi connectivity index (χ2v) is 10.6. The minimum absolute atomic E-state index is 0.000710. The topological polar surface area (TPSA) is 101 Å². The van der Waals surface area contributed by atoms with E-state index in [1.165, 1.54) is 10.6 Å². The van der Waals surface area contributed by atoms with Crippen molar-refractivity contribution < 1.29 is 9.53 Å². The Morgan fingerprint density at radius 2 is 1.92 bits per heavy atom. The minimum atomic E-state index is -0.339. The van der Waals surface area contributed by atoms with E-state index in [0.717, 1.165) is 36.8 Å². The van der Waals surface area contributed by atoms with Crippen molar-refractivity contribution in [2.45, 2.75) is 37.7 Å². The Kier molecular flexibility index (Phi) is 6.74. The lowest BCUT2D eigenvalue weighted by Crippen LogP contribution is -2.32. The van der Waals surface area contributed by atoms with Crippen LogP contribution in [0.1, 0.15) is 53.1 Å². The maximum atomic E-state index is 13.3. The highest BCUT2D eigenvalue weighted by molar-refractivity contribution is 6.34. The number of halogens is 2. The summed E-state index contributed by atoms with van der Waals surface area (Å²) < 4.78 is 7.22. The predicted molar refractivity (Wildman–Crippen MR) is 150 cm³/mol. The van der Waals surface area contributed by atoms with E-state index in [0.29, 0.717) is 34.6 Å². The molecule has 0 bridgehead atoms. The first-order valence-corrected chi connectivity index (χ1v) is 13.5. The molecule has 39 heavy (non-hydrogen) atoms. The number of hydrogen-bond acceptors (Lipinski definition) is 5. The molecule has 2 heterocycles. The zero-order chi connectivity index (χ0) is 27.0. The van der Waals surface area contributed by atoms with Crippen LogP contribution >= 0.6 is 23.2 Å². The standard InChI is InChI=1S/C29H25Cl2N5O3/c30-21-10-5-4-9-20(21)29(13-14-29)17-32-27(38)25-22(31)11-6-12-23(25)39-16-19-15-24(37)36-28(33-19)34-26(35-36)18-7-2-1-3-8-18/h2,4-12,15H,1,3,13-14,16-17H2,(H,32,38)(H,33,34,35). The second-order valence-electron chi connectivity index (χ2n) is 9.79. The Labute approximate surface area is 234 Å². The highest BCUT2D eigenvalue weighted by Crippen LogP contribution is 2.50. The van der Waals surface area contributed by atoms with Crippen molar-refractivity contribution in [1.82, 2.24) is 24.9 Å². The molecular formula is C29H25Cl2N5O3. The van der Waals surface area contributed by atoms with Crippen LogP contribution in [0.2, 0.25) is 10.0 Å². The lowest BCUT2D eigenvalue weighted by Gasteiger charge is -2.19. The van der Waals surface area contributed by atoms with Crippen molar-refractivity contribution in [1.29, 1.82) is 0 Å². The van der Waals surface area contributed by atoms with E-state index >= 15 is 0 Å². The number of aromatic nitrogens is 4. The summed E-state index contributed by atoms with van der Waals surface area (Å²) in [7, 11) is 0. The largest absolute Gasteiger partial charge is 0.486 e. The quantitative estimate of drug-likeness (QED) is 0.296. The normalized spacial score (nSPS) is 15.7. The molecule has 1 saturated carbocycles. The molecule has 2 N–H and O–H groups in total. The van der Waals surface area contributed by atoms with Crippen LogP contribution in [0, 0.1) is 0 Å². The van der Waals surface area contributed by atoms with E-state index < -0.39 is 0 Å². The van der Waals surface area contributed by atoms with E-state index in [1.807, 2.05) is 30.3 Å². The van der Waals surface area contributed by atoms with Crippen molar-refractivity contribution >= 4 is 40.5 Å². The highest BCUT2D eigenvalue weighted by Gasteiger charge is 2.45. The molecule has 0 radical (unpaired) electrons. The van der Waals surface area contributed by atoms with Gasteiger partial charge in [-0.25, -0.2) is 0 Å². The number of nitrogens with one attached hydrogen (secondary N) is 2. The molecule has 0 spiro atoms. The molecule has 2 aromatic heterocycles. The van der Waals surface area contributed by atoms with Gasteiger partial charge in [-0.2, -0.15) is 9.50 Å². The van der Waals surface area contributed by atoms with Gasteiger partial charge in [0.15, 0.2) is 5.82 Å². The zero-order valence-corrected chi connectivity index (χ0v) is 22.4. The summed E-state index contributed by atoms with van der Waals surface area (Å²) in [6, 6.07) is 14.2. The van der Waals surface area contributed by atoms with E-state index in [2.05, 4.69) is 32.5 Å². The van der Waals surface area contributed by atoms with Crippen LogP contribution in [0.25, 0.3) is 11.4 Å². The van der Waals surface area contributed by atoms with Crippen molar-refractivity contribution in [2.75, 3.05) is 6.54 Å². The number of allylic oxidation sites excluding steroid dienone is 4. The van der Waals surface area contributed by atoms with Gasteiger partial charge in [0.2, 0.25) is 5.78 Å². The van der Waals surface area contributed by atoms with Crippen molar-refractivity contribution in [3.8, 4) is 5.75 Å². The number of hydrogen-bond donors (Lipinski definition) is 2. The maximum Gasteiger partial charge on any atom is 0.276 e. The van der Waals surface area contributed by atoms with E-state index in [4.69, 9.17) is 27.9 Å². The molecule has 2 aliphatic carbocycles. The van der Waals surface area contributed by atoms with Crippen LogP contribution in [0.4, 0.5) is 0 Å². The smallest absolute Gasteiger partial charge is 0.276 e. The minimum Gasteiger partial charge on any atom is -0.486 e. The summed E-state index contributed by atoms with van der Waals surface area (Å²) in [5.41, 5.74) is 2.13. The predicted octanol–water partition coefficient (Wildman–Crippen LogP) is 5.50. The first kappa shape index (κ1) is 25.4. The molecule has 1 fully saturated rings. The van der Waals surface area contributed by atoms with Gasteiger partial charge in [0.1, 0.15) is 12.4 Å². The Bertz CT molecular complexity index is 1700. The van der Waals surface area contributed by atoms with Crippen molar-refractivity contribution in [3.63, 3.8) is 0 Å². The van der Waals surface area contributed by atoms with E-state index in [9.17, 15) is 9.59 Å². The zero-order valence-electron chi connectivity index (χ0n) is 20.9. The van der Waals surface area contributed by atoms with Gasteiger partial charge in [-0.3, -0.25) is 9.59 Å². The summed E-state index contributed by atoms with van der Waals surface area (Å²) in [6.07, 6.45) is 9.83. The third kappa shape index (κ3) is 5.10. The SMILES string of the molecule is O=C(NCC1(c2ccccc2Cl)CC1)c1c(Cl)cccc1OCc1cc(=O)n2nc(C3=CCCC=C3)nc2[nH]1.